The third-order valence-electron chi connectivity index (χ3n) is 3.37. The van der Waals surface area contributed by atoms with Gasteiger partial charge in [-0.15, -0.1) is 0 Å². The molecule has 0 radical (unpaired) electrons. The van der Waals surface area contributed by atoms with Gasteiger partial charge in [-0.2, -0.15) is 0 Å². The lowest BCUT2D eigenvalue weighted by Crippen LogP contribution is -2.40. The smallest absolute Gasteiger partial charge is 0.304 e. The minimum atomic E-state index is -0.862. The monoisotopic (exact) mass is 278 g/mol. The van der Waals surface area contributed by atoms with Crippen LogP contribution in [0.15, 0.2) is 18.2 Å². The first-order chi connectivity index (χ1) is 9.31. The van der Waals surface area contributed by atoms with Crippen molar-refractivity contribution < 1.29 is 14.7 Å². The highest BCUT2D eigenvalue weighted by atomic mass is 16.4. The van der Waals surface area contributed by atoms with Gasteiger partial charge in [0.05, 0.1) is 12.5 Å². The zero-order chi connectivity index (χ0) is 15.3. The van der Waals surface area contributed by atoms with E-state index in [9.17, 15) is 9.59 Å². The predicted molar refractivity (Wildman–Crippen MR) is 78.9 cm³/mol. The molecule has 0 fully saturated rings. The zero-order valence-corrected chi connectivity index (χ0v) is 12.4. The van der Waals surface area contributed by atoms with Crippen LogP contribution in [-0.2, 0) is 9.59 Å². The van der Waals surface area contributed by atoms with E-state index < -0.39 is 5.97 Å². The Kier molecular flexibility index (Phi) is 5.70. The molecule has 1 amide bonds. The van der Waals surface area contributed by atoms with Gasteiger partial charge in [0, 0.05) is 12.2 Å². The Labute approximate surface area is 119 Å². The van der Waals surface area contributed by atoms with Gasteiger partial charge < -0.3 is 10.4 Å². The summed E-state index contributed by atoms with van der Waals surface area (Å²) in [6, 6.07) is 5.50. The molecule has 110 valence electrons. The van der Waals surface area contributed by atoms with E-state index >= 15 is 0 Å². The quantitative estimate of drug-likeness (QED) is 0.835. The normalized spacial score (nSPS) is 12.2. The zero-order valence-electron chi connectivity index (χ0n) is 12.4. The van der Waals surface area contributed by atoms with Crippen molar-refractivity contribution in [2.24, 2.45) is 0 Å². The van der Waals surface area contributed by atoms with Crippen LogP contribution in [0.2, 0.25) is 0 Å². The molecule has 0 aromatic heterocycles. The number of hydrogen-bond acceptors (Lipinski definition) is 3. The van der Waals surface area contributed by atoms with E-state index in [4.69, 9.17) is 5.11 Å². The molecule has 1 unspecified atom stereocenters. The fraction of sp³-hybridized carbons (Fsp3) is 0.467. The lowest BCUT2D eigenvalue weighted by Gasteiger charge is -2.23. The second kappa shape index (κ2) is 7.05. The minimum absolute atomic E-state index is 0.0254. The fourth-order valence-electron chi connectivity index (χ4n) is 1.77. The lowest BCUT2D eigenvalue weighted by molar-refractivity contribution is -0.137. The third kappa shape index (κ3) is 4.66. The van der Waals surface area contributed by atoms with Gasteiger partial charge >= 0.3 is 5.97 Å². The summed E-state index contributed by atoms with van der Waals surface area (Å²) in [5.41, 5.74) is 2.88. The molecule has 1 atom stereocenters. The van der Waals surface area contributed by atoms with E-state index in [0.717, 1.165) is 16.8 Å². The Morgan fingerprint density at radius 3 is 2.60 bits per heavy atom. The van der Waals surface area contributed by atoms with Crippen LogP contribution in [0.5, 0.6) is 0 Å². The highest BCUT2D eigenvalue weighted by molar-refractivity contribution is 5.95. The number of nitrogens with zero attached hydrogens (tertiary/aromatic N) is 1. The molecule has 0 aliphatic carbocycles. The van der Waals surface area contributed by atoms with E-state index in [1.54, 1.807) is 18.9 Å². The second-order valence-corrected chi connectivity index (χ2v) is 5.11. The number of benzene rings is 1. The molecule has 1 aromatic carbocycles. The number of likely N-dealkylation sites (N-methyl/N-ethyl adjacent to an activating group) is 1. The highest BCUT2D eigenvalue weighted by Crippen LogP contribution is 2.17. The maximum absolute atomic E-state index is 12.2. The summed E-state index contributed by atoms with van der Waals surface area (Å²) >= 11 is 0. The molecule has 1 aromatic rings. The molecule has 0 saturated carbocycles. The number of amides is 1. The van der Waals surface area contributed by atoms with Crippen LogP contribution in [-0.4, -0.2) is 41.5 Å². The van der Waals surface area contributed by atoms with Crippen molar-refractivity contribution in [3.63, 3.8) is 0 Å². The molecule has 0 aliphatic heterocycles. The largest absolute Gasteiger partial charge is 0.481 e. The number of anilines is 1. The fourth-order valence-corrected chi connectivity index (χ4v) is 1.77. The Bertz CT molecular complexity index is 500. The molecular formula is C15H22N2O3. The first-order valence-corrected chi connectivity index (χ1v) is 6.61. The van der Waals surface area contributed by atoms with Crippen molar-refractivity contribution >= 4 is 17.6 Å². The summed E-state index contributed by atoms with van der Waals surface area (Å²) in [6.07, 6.45) is 0.0254. The van der Waals surface area contributed by atoms with Gasteiger partial charge in [-0.25, -0.2) is 0 Å². The van der Waals surface area contributed by atoms with Gasteiger partial charge in [0.25, 0.3) is 0 Å². The standard InChI is InChI=1S/C15H22N2O3/c1-10-5-6-11(2)13(9-10)16-15(20)12(3)17(4)8-7-14(18)19/h5-6,9,12H,7-8H2,1-4H3,(H,16,20)(H,18,19). The number of rotatable bonds is 6. The maximum Gasteiger partial charge on any atom is 0.304 e. The molecule has 2 N–H and O–H groups in total. The van der Waals surface area contributed by atoms with Crippen molar-refractivity contribution in [1.82, 2.24) is 4.90 Å². The summed E-state index contributed by atoms with van der Waals surface area (Å²) < 4.78 is 0. The van der Waals surface area contributed by atoms with Crippen LogP contribution in [0, 0.1) is 13.8 Å². The summed E-state index contributed by atoms with van der Waals surface area (Å²) in [7, 11) is 1.75. The Hall–Kier alpha value is -1.88. The van der Waals surface area contributed by atoms with E-state index in [0.29, 0.717) is 6.54 Å². The molecule has 20 heavy (non-hydrogen) atoms. The van der Waals surface area contributed by atoms with Crippen molar-refractivity contribution in [3.8, 4) is 0 Å². The first-order valence-electron chi connectivity index (χ1n) is 6.61. The van der Waals surface area contributed by atoms with Crippen molar-refractivity contribution in [2.45, 2.75) is 33.2 Å². The topological polar surface area (TPSA) is 69.6 Å². The number of aliphatic carboxylic acids is 1. The number of carbonyl (C=O) groups is 2. The Morgan fingerprint density at radius 1 is 1.35 bits per heavy atom. The van der Waals surface area contributed by atoms with Crippen LogP contribution in [0.25, 0.3) is 0 Å². The average molecular weight is 278 g/mol. The van der Waals surface area contributed by atoms with E-state index in [2.05, 4.69) is 5.32 Å². The number of carbonyl (C=O) groups excluding carboxylic acids is 1. The van der Waals surface area contributed by atoms with Crippen LogP contribution in [0.4, 0.5) is 5.69 Å². The van der Waals surface area contributed by atoms with Crippen LogP contribution in [0.3, 0.4) is 0 Å². The van der Waals surface area contributed by atoms with Gasteiger partial charge in [-0.1, -0.05) is 12.1 Å². The van der Waals surface area contributed by atoms with E-state index in [1.807, 2.05) is 32.0 Å². The minimum Gasteiger partial charge on any atom is -0.481 e. The SMILES string of the molecule is Cc1ccc(C)c(NC(=O)C(C)N(C)CCC(=O)O)c1. The van der Waals surface area contributed by atoms with Gasteiger partial charge in [-0.3, -0.25) is 14.5 Å². The first kappa shape index (κ1) is 16.2. The third-order valence-corrected chi connectivity index (χ3v) is 3.37. The molecule has 5 nitrogen and oxygen atoms in total. The summed E-state index contributed by atoms with van der Waals surface area (Å²) in [6.45, 7) is 6.02. The van der Waals surface area contributed by atoms with Gasteiger partial charge in [0.1, 0.15) is 0 Å². The molecule has 1 rings (SSSR count). The van der Waals surface area contributed by atoms with Gasteiger partial charge in [0.15, 0.2) is 0 Å². The van der Waals surface area contributed by atoms with Gasteiger partial charge in [0.2, 0.25) is 5.91 Å². The predicted octanol–water partition coefficient (Wildman–Crippen LogP) is 2.04. The molecule has 0 bridgehead atoms. The van der Waals surface area contributed by atoms with Crippen molar-refractivity contribution in [1.29, 1.82) is 0 Å². The number of aryl methyl sites for hydroxylation is 2. The molecule has 0 heterocycles. The molecule has 0 aliphatic rings. The highest BCUT2D eigenvalue weighted by Gasteiger charge is 2.19. The Morgan fingerprint density at radius 2 is 2.00 bits per heavy atom. The van der Waals surface area contributed by atoms with Crippen molar-refractivity contribution in [2.75, 3.05) is 18.9 Å². The van der Waals surface area contributed by atoms with Crippen LogP contribution < -0.4 is 5.32 Å². The lowest BCUT2D eigenvalue weighted by atomic mass is 10.1. The maximum atomic E-state index is 12.2. The second-order valence-electron chi connectivity index (χ2n) is 5.11. The molecular weight excluding hydrogens is 256 g/mol. The molecule has 0 saturated heterocycles. The Balaban J connectivity index is 2.65. The summed E-state index contributed by atoms with van der Waals surface area (Å²) in [5.74, 6) is -0.995. The van der Waals surface area contributed by atoms with E-state index in [-0.39, 0.29) is 18.4 Å². The van der Waals surface area contributed by atoms with E-state index in [1.165, 1.54) is 0 Å². The summed E-state index contributed by atoms with van der Waals surface area (Å²) in [4.78, 5) is 24.4. The number of carboxylic acid groups (broad SMARTS) is 1. The molecule has 0 spiro atoms. The van der Waals surface area contributed by atoms with Crippen LogP contribution in [0.1, 0.15) is 24.5 Å². The number of hydrogen-bond donors (Lipinski definition) is 2. The molecule has 5 heteroatoms. The average Bonchev–Trinajstić information content (AvgIpc) is 2.39. The van der Waals surface area contributed by atoms with Crippen molar-refractivity contribution in [3.05, 3.63) is 29.3 Å². The van der Waals surface area contributed by atoms with Crippen LogP contribution >= 0.6 is 0 Å². The summed E-state index contributed by atoms with van der Waals surface area (Å²) in [5, 5.41) is 11.5. The number of nitrogens with one attached hydrogen (secondary N) is 1. The number of carboxylic acids is 1. The van der Waals surface area contributed by atoms with Gasteiger partial charge in [-0.05, 0) is 45.0 Å².